The van der Waals surface area contributed by atoms with Gasteiger partial charge < -0.3 is 5.11 Å². The minimum Gasteiger partial charge on any atom is -0.508 e. The Balaban J connectivity index is 2.68. The van der Waals surface area contributed by atoms with E-state index in [-0.39, 0.29) is 5.41 Å². The molecule has 0 radical (unpaired) electrons. The first-order valence-electron chi connectivity index (χ1n) is 5.79. The van der Waals surface area contributed by atoms with Gasteiger partial charge in [0.1, 0.15) is 5.75 Å². The molecule has 0 aromatic heterocycles. The summed E-state index contributed by atoms with van der Waals surface area (Å²) in [5.74, 6) is 0.342. The van der Waals surface area contributed by atoms with Crippen LogP contribution in [0.1, 0.15) is 33.3 Å². The van der Waals surface area contributed by atoms with Crippen molar-refractivity contribution in [2.24, 2.45) is 5.41 Å². The van der Waals surface area contributed by atoms with Gasteiger partial charge in [-0.3, -0.25) is 4.90 Å². The van der Waals surface area contributed by atoms with Crippen LogP contribution in [0.3, 0.4) is 0 Å². The fourth-order valence-electron chi connectivity index (χ4n) is 1.74. The van der Waals surface area contributed by atoms with Crippen LogP contribution >= 0.6 is 0 Å². The molecule has 0 amide bonds. The molecule has 0 heterocycles. The van der Waals surface area contributed by atoms with E-state index in [4.69, 9.17) is 0 Å². The molecule has 16 heavy (non-hydrogen) atoms. The second-order valence-electron chi connectivity index (χ2n) is 5.63. The normalized spacial score (nSPS) is 14.1. The Labute approximate surface area is 98.9 Å². The van der Waals surface area contributed by atoms with Crippen molar-refractivity contribution in [1.29, 1.82) is 0 Å². The Morgan fingerprint density at radius 1 is 1.31 bits per heavy atom. The highest BCUT2D eigenvalue weighted by atomic mass is 16.3. The molecule has 0 aliphatic rings. The number of phenols is 1. The van der Waals surface area contributed by atoms with Crippen LogP contribution in [0.4, 0.5) is 0 Å². The molecule has 0 spiro atoms. The predicted octanol–water partition coefficient (Wildman–Crippen LogP) is 3.26. The fourth-order valence-corrected chi connectivity index (χ4v) is 1.74. The quantitative estimate of drug-likeness (QED) is 0.847. The molecule has 1 rings (SSSR count). The third-order valence-corrected chi connectivity index (χ3v) is 3.26. The summed E-state index contributed by atoms with van der Waals surface area (Å²) < 4.78 is 0. The van der Waals surface area contributed by atoms with Gasteiger partial charge in [0.25, 0.3) is 0 Å². The van der Waals surface area contributed by atoms with E-state index in [0.717, 1.165) is 12.1 Å². The summed E-state index contributed by atoms with van der Waals surface area (Å²) in [7, 11) is 2.12. The van der Waals surface area contributed by atoms with Crippen LogP contribution in [0.2, 0.25) is 0 Å². The molecular weight excluding hydrogens is 198 g/mol. The summed E-state index contributed by atoms with van der Waals surface area (Å²) in [6, 6.07) is 7.96. The van der Waals surface area contributed by atoms with Crippen molar-refractivity contribution >= 4 is 0 Å². The van der Waals surface area contributed by atoms with Gasteiger partial charge in [0.2, 0.25) is 0 Å². The van der Waals surface area contributed by atoms with E-state index in [2.05, 4.69) is 39.6 Å². The van der Waals surface area contributed by atoms with E-state index >= 15 is 0 Å². The predicted molar refractivity (Wildman–Crippen MR) is 68.5 cm³/mol. The van der Waals surface area contributed by atoms with Crippen molar-refractivity contribution in [2.45, 2.75) is 40.3 Å². The Bertz CT molecular complexity index is 341. The van der Waals surface area contributed by atoms with Crippen molar-refractivity contribution < 1.29 is 5.11 Å². The first-order valence-corrected chi connectivity index (χ1v) is 5.79. The van der Waals surface area contributed by atoms with Gasteiger partial charge in [-0.2, -0.15) is 0 Å². The Hall–Kier alpha value is -1.02. The van der Waals surface area contributed by atoms with Gasteiger partial charge in [-0.05, 0) is 37.1 Å². The van der Waals surface area contributed by atoms with Gasteiger partial charge in [-0.15, -0.1) is 0 Å². The average Bonchev–Trinajstić information content (AvgIpc) is 2.15. The van der Waals surface area contributed by atoms with E-state index in [1.807, 2.05) is 18.2 Å². The number of rotatable bonds is 3. The summed E-state index contributed by atoms with van der Waals surface area (Å²) in [5.41, 5.74) is 1.42. The van der Waals surface area contributed by atoms with Crippen LogP contribution in [-0.4, -0.2) is 23.1 Å². The van der Waals surface area contributed by atoms with Crippen LogP contribution < -0.4 is 0 Å². The summed E-state index contributed by atoms with van der Waals surface area (Å²) in [6.07, 6.45) is 0. The topological polar surface area (TPSA) is 23.5 Å². The van der Waals surface area contributed by atoms with Gasteiger partial charge in [0, 0.05) is 12.6 Å². The average molecular weight is 221 g/mol. The van der Waals surface area contributed by atoms with Crippen LogP contribution in [-0.2, 0) is 6.54 Å². The van der Waals surface area contributed by atoms with Crippen molar-refractivity contribution in [2.75, 3.05) is 7.05 Å². The maximum atomic E-state index is 9.41. The highest BCUT2D eigenvalue weighted by Gasteiger charge is 2.23. The molecule has 0 saturated heterocycles. The lowest BCUT2D eigenvalue weighted by molar-refractivity contribution is 0.134. The van der Waals surface area contributed by atoms with Crippen molar-refractivity contribution in [1.82, 2.24) is 4.90 Å². The van der Waals surface area contributed by atoms with Crippen molar-refractivity contribution in [3.05, 3.63) is 29.8 Å². The largest absolute Gasteiger partial charge is 0.508 e. The lowest BCUT2D eigenvalue weighted by atomic mass is 9.87. The molecule has 0 saturated carbocycles. The fraction of sp³-hybridized carbons (Fsp3) is 0.571. The molecule has 0 fully saturated rings. The lowest BCUT2D eigenvalue weighted by Crippen LogP contribution is -2.38. The number of hydrogen-bond donors (Lipinski definition) is 1. The Kier molecular flexibility index (Phi) is 3.98. The minimum atomic E-state index is 0.269. The molecule has 2 heteroatoms. The molecule has 1 atom stereocenters. The Morgan fingerprint density at radius 2 is 1.94 bits per heavy atom. The molecule has 0 bridgehead atoms. The van der Waals surface area contributed by atoms with E-state index in [9.17, 15) is 5.11 Å². The highest BCUT2D eigenvalue weighted by Crippen LogP contribution is 2.24. The van der Waals surface area contributed by atoms with Crippen LogP contribution in [0.15, 0.2) is 24.3 Å². The summed E-state index contributed by atoms with van der Waals surface area (Å²) in [4.78, 5) is 2.31. The van der Waals surface area contributed by atoms with Gasteiger partial charge in [0.05, 0.1) is 0 Å². The molecule has 1 unspecified atom stereocenters. The zero-order valence-corrected chi connectivity index (χ0v) is 11.0. The van der Waals surface area contributed by atoms with Gasteiger partial charge in [-0.25, -0.2) is 0 Å². The maximum absolute atomic E-state index is 9.41. The number of hydrogen-bond acceptors (Lipinski definition) is 2. The molecule has 1 N–H and O–H groups in total. The van der Waals surface area contributed by atoms with Gasteiger partial charge in [0.15, 0.2) is 0 Å². The second-order valence-corrected chi connectivity index (χ2v) is 5.63. The third-order valence-electron chi connectivity index (χ3n) is 3.26. The lowest BCUT2D eigenvalue weighted by Gasteiger charge is -2.35. The van der Waals surface area contributed by atoms with E-state index in [1.54, 1.807) is 6.07 Å². The van der Waals surface area contributed by atoms with Gasteiger partial charge >= 0.3 is 0 Å². The van der Waals surface area contributed by atoms with Crippen LogP contribution in [0.25, 0.3) is 0 Å². The monoisotopic (exact) mass is 221 g/mol. The molecule has 1 aromatic carbocycles. The van der Waals surface area contributed by atoms with Crippen molar-refractivity contribution in [3.8, 4) is 5.75 Å². The van der Waals surface area contributed by atoms with E-state index in [1.165, 1.54) is 0 Å². The zero-order chi connectivity index (χ0) is 12.3. The summed E-state index contributed by atoms with van der Waals surface area (Å²) in [5, 5.41) is 9.41. The number of aromatic hydroxyl groups is 1. The summed E-state index contributed by atoms with van der Waals surface area (Å²) in [6.45, 7) is 9.85. The van der Waals surface area contributed by atoms with Crippen LogP contribution in [0.5, 0.6) is 5.75 Å². The second kappa shape index (κ2) is 4.88. The molecule has 1 aromatic rings. The first-order chi connectivity index (χ1) is 7.30. The molecule has 2 nitrogen and oxygen atoms in total. The minimum absolute atomic E-state index is 0.269. The zero-order valence-electron chi connectivity index (χ0n) is 11.0. The molecular formula is C14H23NO. The number of nitrogens with zero attached hydrogens (tertiary/aromatic N) is 1. The SMILES string of the molecule is CC(N(C)Cc1cccc(O)c1)C(C)(C)C. The third kappa shape index (κ3) is 3.53. The van der Waals surface area contributed by atoms with E-state index < -0.39 is 0 Å². The molecule has 0 aliphatic carbocycles. The number of benzene rings is 1. The highest BCUT2D eigenvalue weighted by molar-refractivity contribution is 5.27. The summed E-state index contributed by atoms with van der Waals surface area (Å²) >= 11 is 0. The van der Waals surface area contributed by atoms with Crippen LogP contribution in [0, 0.1) is 5.41 Å². The Morgan fingerprint density at radius 3 is 2.44 bits per heavy atom. The molecule has 0 aliphatic heterocycles. The standard InChI is InChI=1S/C14H23NO/c1-11(14(2,3)4)15(5)10-12-7-6-8-13(16)9-12/h6-9,11,16H,10H2,1-5H3. The van der Waals surface area contributed by atoms with Gasteiger partial charge in [-0.1, -0.05) is 32.9 Å². The smallest absolute Gasteiger partial charge is 0.115 e. The van der Waals surface area contributed by atoms with Crippen molar-refractivity contribution in [3.63, 3.8) is 0 Å². The maximum Gasteiger partial charge on any atom is 0.115 e. The number of phenolic OH excluding ortho intramolecular Hbond substituents is 1. The first kappa shape index (κ1) is 13.0. The molecule has 90 valence electrons. The van der Waals surface area contributed by atoms with E-state index in [0.29, 0.717) is 11.8 Å².